The Hall–Kier alpha value is -2.91. The van der Waals surface area contributed by atoms with Crippen molar-refractivity contribution in [3.63, 3.8) is 0 Å². The quantitative estimate of drug-likeness (QED) is 0.296. The number of rotatable bonds is 8. The first kappa shape index (κ1) is 30.1. The van der Waals surface area contributed by atoms with E-state index in [1.54, 1.807) is 22.4 Å². The van der Waals surface area contributed by atoms with Crippen LogP contribution in [0.4, 0.5) is 0 Å². The second-order valence-corrected chi connectivity index (χ2v) is 13.3. The summed E-state index contributed by atoms with van der Waals surface area (Å²) >= 11 is 1.62. The zero-order valence-electron chi connectivity index (χ0n) is 24.7. The molecule has 1 saturated heterocycles. The van der Waals surface area contributed by atoms with Gasteiger partial charge in [-0.2, -0.15) is 0 Å². The zero-order chi connectivity index (χ0) is 29.0. The van der Waals surface area contributed by atoms with E-state index in [2.05, 4.69) is 22.4 Å². The molecule has 5 N–H and O–H groups in total. The number of hydrogen-bond acceptors (Lipinski definition) is 7. The fraction of sp³-hybridized carbons (Fsp3) is 0.581. The van der Waals surface area contributed by atoms with Crippen LogP contribution >= 0.6 is 11.3 Å². The highest BCUT2D eigenvalue weighted by Crippen LogP contribution is 2.32. The number of benzene rings is 1. The molecule has 1 aliphatic heterocycles. The van der Waals surface area contributed by atoms with Crippen molar-refractivity contribution >= 4 is 23.2 Å². The Kier molecular flexibility index (Phi) is 9.56. The lowest BCUT2D eigenvalue weighted by Gasteiger charge is -2.39. The molecule has 1 aromatic heterocycles. The van der Waals surface area contributed by atoms with Crippen LogP contribution in [0.2, 0.25) is 0 Å². The molecular weight excluding hydrogens is 520 g/mol. The van der Waals surface area contributed by atoms with E-state index in [4.69, 9.17) is 11.6 Å². The minimum Gasteiger partial charge on any atom is -0.401 e. The largest absolute Gasteiger partial charge is 0.401 e. The van der Waals surface area contributed by atoms with Gasteiger partial charge in [-0.1, -0.05) is 64.3 Å². The molecule has 1 aliphatic carbocycles. The van der Waals surface area contributed by atoms with E-state index >= 15 is 0 Å². The SMILES string of the molecule is Cc1ncsc1-c1ccc(C(C)NC(=O)C2CCCN2C(=O)C(N(N)/C=C(\N)C2CCCCC2)C(C)(C)C)cc1. The van der Waals surface area contributed by atoms with Crippen molar-refractivity contribution in [2.24, 2.45) is 22.9 Å². The maximum Gasteiger partial charge on any atom is 0.248 e. The summed E-state index contributed by atoms with van der Waals surface area (Å²) in [4.78, 5) is 34.7. The average Bonchev–Trinajstić information content (AvgIpc) is 3.58. The molecule has 40 heavy (non-hydrogen) atoms. The molecule has 9 heteroatoms. The van der Waals surface area contributed by atoms with Gasteiger partial charge in [-0.25, -0.2) is 10.8 Å². The molecule has 2 aliphatic rings. The van der Waals surface area contributed by atoms with Gasteiger partial charge in [0.05, 0.1) is 22.1 Å². The zero-order valence-corrected chi connectivity index (χ0v) is 25.5. The Balaban J connectivity index is 1.44. The van der Waals surface area contributed by atoms with Crippen molar-refractivity contribution in [2.45, 2.75) is 97.7 Å². The van der Waals surface area contributed by atoms with Gasteiger partial charge in [0.1, 0.15) is 12.1 Å². The van der Waals surface area contributed by atoms with E-state index in [-0.39, 0.29) is 17.9 Å². The lowest BCUT2D eigenvalue weighted by molar-refractivity contribution is -0.145. The summed E-state index contributed by atoms with van der Waals surface area (Å²) in [6, 6.07) is 6.88. The van der Waals surface area contributed by atoms with Crippen molar-refractivity contribution in [1.82, 2.24) is 20.2 Å². The van der Waals surface area contributed by atoms with Crippen molar-refractivity contribution in [3.05, 3.63) is 52.9 Å². The lowest BCUT2D eigenvalue weighted by atomic mass is 9.84. The Labute approximate surface area is 243 Å². The van der Waals surface area contributed by atoms with Crippen molar-refractivity contribution in [3.8, 4) is 10.4 Å². The van der Waals surface area contributed by atoms with E-state index < -0.39 is 17.5 Å². The van der Waals surface area contributed by atoms with E-state index in [0.29, 0.717) is 18.9 Å². The summed E-state index contributed by atoms with van der Waals surface area (Å²) in [7, 11) is 0. The Bertz CT molecular complexity index is 1200. The summed E-state index contributed by atoms with van der Waals surface area (Å²) < 4.78 is 0. The number of nitrogens with one attached hydrogen (secondary N) is 1. The fourth-order valence-corrected chi connectivity index (χ4v) is 6.90. The molecule has 0 spiro atoms. The summed E-state index contributed by atoms with van der Waals surface area (Å²) in [5.41, 5.74) is 11.7. The van der Waals surface area contributed by atoms with Gasteiger partial charge in [-0.15, -0.1) is 11.3 Å². The van der Waals surface area contributed by atoms with Crippen molar-refractivity contribution < 1.29 is 9.59 Å². The highest BCUT2D eigenvalue weighted by atomic mass is 32.1. The minimum atomic E-state index is -0.636. The second-order valence-electron chi connectivity index (χ2n) is 12.5. The maximum atomic E-state index is 14.0. The summed E-state index contributed by atoms with van der Waals surface area (Å²) in [5, 5.41) is 4.65. The van der Waals surface area contributed by atoms with Gasteiger partial charge in [-0.3, -0.25) is 9.59 Å². The van der Waals surface area contributed by atoms with E-state index in [1.807, 2.05) is 52.3 Å². The number of nitrogens with two attached hydrogens (primary N) is 2. The molecule has 1 saturated carbocycles. The Morgan fingerprint density at radius 3 is 2.40 bits per heavy atom. The van der Waals surface area contributed by atoms with Crippen LogP contribution < -0.4 is 16.9 Å². The summed E-state index contributed by atoms with van der Waals surface area (Å²) in [6.07, 6.45) is 8.88. The van der Waals surface area contributed by atoms with Crippen LogP contribution in [0.3, 0.4) is 0 Å². The van der Waals surface area contributed by atoms with Crippen LogP contribution in [-0.2, 0) is 9.59 Å². The Morgan fingerprint density at radius 2 is 1.80 bits per heavy atom. The third-order valence-corrected chi connectivity index (χ3v) is 9.32. The van der Waals surface area contributed by atoms with E-state index in [1.165, 1.54) is 24.3 Å². The second kappa shape index (κ2) is 12.7. The first-order valence-electron chi connectivity index (χ1n) is 14.6. The summed E-state index contributed by atoms with van der Waals surface area (Å²) in [6.45, 7) is 10.5. The molecule has 8 nitrogen and oxygen atoms in total. The molecular formula is C31H46N6O2S. The molecule has 4 rings (SSSR count). The van der Waals surface area contributed by atoms with Gasteiger partial charge in [0.2, 0.25) is 11.8 Å². The van der Waals surface area contributed by atoms with E-state index in [0.717, 1.165) is 46.7 Å². The first-order valence-corrected chi connectivity index (χ1v) is 15.5. The normalized spacial score (nSPS) is 20.3. The minimum absolute atomic E-state index is 0.128. The predicted octanol–water partition coefficient (Wildman–Crippen LogP) is 5.26. The van der Waals surface area contributed by atoms with Gasteiger partial charge >= 0.3 is 0 Å². The Morgan fingerprint density at radius 1 is 1.12 bits per heavy atom. The average molecular weight is 567 g/mol. The van der Waals surface area contributed by atoms with Gasteiger partial charge < -0.3 is 21.0 Å². The number of thiazole rings is 1. The fourth-order valence-electron chi connectivity index (χ4n) is 6.09. The summed E-state index contributed by atoms with van der Waals surface area (Å²) in [5.74, 6) is 6.59. The highest BCUT2D eigenvalue weighted by molar-refractivity contribution is 7.13. The number of nitrogens with zero attached hydrogens (tertiary/aromatic N) is 3. The van der Waals surface area contributed by atoms with Crippen molar-refractivity contribution in [1.29, 1.82) is 0 Å². The van der Waals surface area contributed by atoms with E-state index in [9.17, 15) is 9.59 Å². The molecule has 1 aromatic carbocycles. The van der Waals surface area contributed by atoms with Crippen LogP contribution in [0.1, 0.15) is 89.9 Å². The monoisotopic (exact) mass is 566 g/mol. The number of hydrazine groups is 1. The number of amides is 2. The number of carbonyl (C=O) groups is 2. The number of allylic oxidation sites excluding steroid dienone is 1. The van der Waals surface area contributed by atoms with Gasteiger partial charge in [0.15, 0.2) is 0 Å². The number of likely N-dealkylation sites (tertiary alicyclic amines) is 1. The van der Waals surface area contributed by atoms with Gasteiger partial charge in [0, 0.05) is 18.4 Å². The smallest absolute Gasteiger partial charge is 0.248 e. The molecule has 2 fully saturated rings. The maximum absolute atomic E-state index is 14.0. The third-order valence-electron chi connectivity index (χ3n) is 8.34. The third kappa shape index (κ3) is 6.86. The molecule has 2 aromatic rings. The molecule has 2 amide bonds. The number of aryl methyl sites for hydroxylation is 1. The topological polar surface area (TPSA) is 118 Å². The van der Waals surface area contributed by atoms with Crippen LogP contribution in [0.5, 0.6) is 0 Å². The van der Waals surface area contributed by atoms with Crippen LogP contribution in [-0.4, -0.2) is 45.3 Å². The molecule has 218 valence electrons. The molecule has 0 bridgehead atoms. The van der Waals surface area contributed by atoms with Gasteiger partial charge in [-0.05, 0) is 62.0 Å². The van der Waals surface area contributed by atoms with Crippen LogP contribution in [0.25, 0.3) is 10.4 Å². The number of hydrogen-bond donors (Lipinski definition) is 3. The van der Waals surface area contributed by atoms with Crippen LogP contribution in [0, 0.1) is 18.3 Å². The molecule has 0 radical (unpaired) electrons. The van der Waals surface area contributed by atoms with Crippen molar-refractivity contribution in [2.75, 3.05) is 6.54 Å². The molecule has 2 heterocycles. The van der Waals surface area contributed by atoms with Crippen LogP contribution in [0.15, 0.2) is 41.7 Å². The predicted molar refractivity (Wildman–Crippen MR) is 162 cm³/mol. The molecule has 3 atom stereocenters. The first-order chi connectivity index (χ1) is 19.0. The van der Waals surface area contributed by atoms with Gasteiger partial charge in [0.25, 0.3) is 0 Å². The number of aromatic nitrogens is 1. The standard InChI is InChI=1S/C31H46N6O2S/c1-20(22-13-15-24(16-14-22)27-21(2)34-19-40-27)35-29(38)26-12-9-17-36(26)30(39)28(31(3,4)5)37(33)18-25(32)23-10-7-6-8-11-23/h13-16,18-20,23,26,28H,6-12,17,32-33H2,1-5H3,(H,35,38)/b25-18-. The lowest BCUT2D eigenvalue weighted by Crippen LogP contribution is -2.58. The highest BCUT2D eigenvalue weighted by Gasteiger charge is 2.43. The number of carbonyl (C=O) groups excluding carboxylic acids is 2. The molecule has 3 unspecified atom stereocenters.